The summed E-state index contributed by atoms with van der Waals surface area (Å²) < 4.78 is 33.2. The van der Waals surface area contributed by atoms with Crippen molar-refractivity contribution < 1.29 is 22.7 Å². The number of ether oxygens (including phenoxy) is 1. The molecule has 9 nitrogen and oxygen atoms in total. The van der Waals surface area contributed by atoms with Gasteiger partial charge in [-0.25, -0.2) is 17.9 Å². The Hall–Kier alpha value is -2.98. The third kappa shape index (κ3) is 4.80. The van der Waals surface area contributed by atoms with Crippen LogP contribution in [0.25, 0.3) is 0 Å². The Kier molecular flexibility index (Phi) is 5.38. The van der Waals surface area contributed by atoms with Crippen LogP contribution < -0.4 is 20.1 Å². The fourth-order valence-electron chi connectivity index (χ4n) is 2.56. The van der Waals surface area contributed by atoms with E-state index >= 15 is 0 Å². The topological polar surface area (TPSA) is 126 Å². The zero-order valence-electron chi connectivity index (χ0n) is 14.4. The maximum atomic E-state index is 12.5. The molecule has 1 aliphatic heterocycles. The molecule has 1 aromatic carbocycles. The molecule has 0 bridgehead atoms. The van der Waals surface area contributed by atoms with Gasteiger partial charge in [0, 0.05) is 24.9 Å². The summed E-state index contributed by atoms with van der Waals surface area (Å²) in [7, 11) is -3.83. The molecule has 27 heavy (non-hydrogen) atoms. The molecule has 0 spiro atoms. The number of rotatable bonds is 6. The van der Waals surface area contributed by atoms with Gasteiger partial charge in [-0.15, -0.1) is 0 Å². The summed E-state index contributed by atoms with van der Waals surface area (Å²) in [5.74, 6) is 0.607. The number of pyridine rings is 1. The van der Waals surface area contributed by atoms with Gasteiger partial charge in [0.15, 0.2) is 0 Å². The third-order valence-electron chi connectivity index (χ3n) is 3.94. The number of sulfonamides is 1. The molecule has 3 rings (SSSR count). The molecular formula is C17H18N4O5S. The zero-order chi connectivity index (χ0) is 19.4. The molecule has 1 fully saturated rings. The van der Waals surface area contributed by atoms with Crippen LogP contribution in [0.2, 0.25) is 0 Å². The summed E-state index contributed by atoms with van der Waals surface area (Å²) in [6, 6.07) is 7.33. The minimum Gasteiger partial charge on any atom is -0.457 e. The van der Waals surface area contributed by atoms with Crippen LogP contribution in [0.1, 0.15) is 13.3 Å². The molecule has 2 heterocycles. The fourth-order valence-corrected chi connectivity index (χ4v) is 3.84. The predicted octanol–water partition coefficient (Wildman–Crippen LogP) is 1.14. The third-order valence-corrected chi connectivity index (χ3v) is 5.51. The Bertz CT molecular complexity index is 916. The van der Waals surface area contributed by atoms with E-state index in [-0.39, 0.29) is 11.3 Å². The van der Waals surface area contributed by atoms with Crippen molar-refractivity contribution in [2.45, 2.75) is 30.3 Å². The van der Waals surface area contributed by atoms with E-state index in [4.69, 9.17) is 4.74 Å². The molecular weight excluding hydrogens is 372 g/mol. The number of imide groups is 1. The molecule has 2 atom stereocenters. The standard InChI is InChI=1S/C17H18N4O5S/c1-11(15-10-16(22)20-17(23)19-15)21-27(24,25)14-4-2-12(3-5-14)26-13-6-8-18-9-7-13/h2-9,11,15,21H,10H2,1H3,(H2,19,20,22,23)/t11-,15?/m1/s1. The van der Waals surface area contributed by atoms with Gasteiger partial charge >= 0.3 is 6.03 Å². The van der Waals surface area contributed by atoms with Gasteiger partial charge in [-0.05, 0) is 43.3 Å². The molecule has 10 heteroatoms. The number of aromatic nitrogens is 1. The zero-order valence-corrected chi connectivity index (χ0v) is 15.2. The van der Waals surface area contributed by atoms with Crippen molar-refractivity contribution in [3.8, 4) is 11.5 Å². The number of nitrogens with zero attached hydrogens (tertiary/aromatic N) is 1. The normalized spacial score (nSPS) is 18.3. The lowest BCUT2D eigenvalue weighted by Crippen LogP contribution is -2.59. The van der Waals surface area contributed by atoms with Gasteiger partial charge in [0.1, 0.15) is 11.5 Å². The monoisotopic (exact) mass is 390 g/mol. The molecule has 1 saturated heterocycles. The van der Waals surface area contributed by atoms with Gasteiger partial charge in [0.25, 0.3) is 0 Å². The van der Waals surface area contributed by atoms with Gasteiger partial charge < -0.3 is 10.1 Å². The first kappa shape index (κ1) is 18.8. The molecule has 142 valence electrons. The lowest BCUT2D eigenvalue weighted by Gasteiger charge is -2.28. The van der Waals surface area contributed by atoms with Gasteiger partial charge in [0.2, 0.25) is 15.9 Å². The maximum absolute atomic E-state index is 12.5. The summed E-state index contributed by atoms with van der Waals surface area (Å²) >= 11 is 0. The molecule has 3 amide bonds. The van der Waals surface area contributed by atoms with Crippen LogP contribution in [-0.2, 0) is 14.8 Å². The summed E-state index contributed by atoms with van der Waals surface area (Å²) in [5.41, 5.74) is 0. The van der Waals surface area contributed by atoms with Crippen molar-refractivity contribution in [3.63, 3.8) is 0 Å². The molecule has 3 N–H and O–H groups in total. The SMILES string of the molecule is C[C@@H](NS(=O)(=O)c1ccc(Oc2ccncc2)cc1)C1CC(=O)NC(=O)N1. The Morgan fingerprint density at radius 1 is 1.11 bits per heavy atom. The molecule has 1 aromatic heterocycles. The summed E-state index contributed by atoms with van der Waals surface area (Å²) in [5, 5.41) is 4.63. The van der Waals surface area contributed by atoms with Gasteiger partial charge in [0.05, 0.1) is 10.9 Å². The minimum atomic E-state index is -3.83. The quantitative estimate of drug-likeness (QED) is 0.679. The number of carbonyl (C=O) groups excluding carboxylic acids is 2. The predicted molar refractivity (Wildman–Crippen MR) is 95.6 cm³/mol. The molecule has 2 aromatic rings. The van der Waals surface area contributed by atoms with Crippen LogP contribution >= 0.6 is 0 Å². The number of nitrogens with one attached hydrogen (secondary N) is 3. The number of amides is 3. The first-order valence-corrected chi connectivity index (χ1v) is 9.62. The van der Waals surface area contributed by atoms with Crippen molar-refractivity contribution in [1.29, 1.82) is 0 Å². The van der Waals surface area contributed by atoms with Crippen molar-refractivity contribution in [1.82, 2.24) is 20.3 Å². The highest BCUT2D eigenvalue weighted by Crippen LogP contribution is 2.22. The highest BCUT2D eigenvalue weighted by molar-refractivity contribution is 7.89. The molecule has 0 saturated carbocycles. The van der Waals surface area contributed by atoms with Crippen LogP contribution in [0.15, 0.2) is 53.7 Å². The number of hydrogen-bond donors (Lipinski definition) is 3. The van der Waals surface area contributed by atoms with E-state index in [0.717, 1.165) is 0 Å². The summed E-state index contributed by atoms with van der Waals surface area (Å²) in [6.07, 6.45) is 3.17. The Morgan fingerprint density at radius 2 is 1.74 bits per heavy atom. The van der Waals surface area contributed by atoms with Crippen molar-refractivity contribution in [2.75, 3.05) is 0 Å². The lowest BCUT2D eigenvalue weighted by molar-refractivity contribution is -0.121. The highest BCUT2D eigenvalue weighted by atomic mass is 32.2. The Balaban J connectivity index is 1.67. The van der Waals surface area contributed by atoms with E-state index in [9.17, 15) is 18.0 Å². The van der Waals surface area contributed by atoms with Crippen LogP contribution in [0.3, 0.4) is 0 Å². The number of carbonyl (C=O) groups is 2. The first-order valence-electron chi connectivity index (χ1n) is 8.14. The van der Waals surface area contributed by atoms with Crippen molar-refractivity contribution in [3.05, 3.63) is 48.8 Å². The van der Waals surface area contributed by atoms with E-state index in [0.29, 0.717) is 11.5 Å². The van der Waals surface area contributed by atoms with E-state index in [1.165, 1.54) is 24.3 Å². The van der Waals surface area contributed by atoms with E-state index in [2.05, 4.69) is 20.3 Å². The van der Waals surface area contributed by atoms with Crippen molar-refractivity contribution in [2.24, 2.45) is 0 Å². The maximum Gasteiger partial charge on any atom is 0.321 e. The van der Waals surface area contributed by atoms with E-state index in [1.54, 1.807) is 31.5 Å². The fraction of sp³-hybridized carbons (Fsp3) is 0.235. The highest BCUT2D eigenvalue weighted by Gasteiger charge is 2.30. The van der Waals surface area contributed by atoms with E-state index in [1.807, 2.05) is 0 Å². The Morgan fingerprint density at radius 3 is 2.37 bits per heavy atom. The lowest BCUT2D eigenvalue weighted by atomic mass is 10.1. The second-order valence-corrected chi connectivity index (χ2v) is 7.71. The number of urea groups is 1. The second-order valence-electron chi connectivity index (χ2n) is 6.00. The van der Waals surface area contributed by atoms with Crippen LogP contribution in [0.5, 0.6) is 11.5 Å². The van der Waals surface area contributed by atoms with Gasteiger partial charge in [-0.2, -0.15) is 0 Å². The summed E-state index contributed by atoms with van der Waals surface area (Å²) in [4.78, 5) is 26.8. The molecule has 1 aliphatic rings. The van der Waals surface area contributed by atoms with Gasteiger partial charge in [-0.1, -0.05) is 0 Å². The van der Waals surface area contributed by atoms with Crippen LogP contribution in [-0.4, -0.2) is 37.4 Å². The Labute approximate surface area is 156 Å². The minimum absolute atomic E-state index is 0.00582. The van der Waals surface area contributed by atoms with Gasteiger partial charge in [-0.3, -0.25) is 15.1 Å². The summed E-state index contributed by atoms with van der Waals surface area (Å²) in [6.45, 7) is 1.59. The second kappa shape index (κ2) is 7.72. The smallest absolute Gasteiger partial charge is 0.321 e. The van der Waals surface area contributed by atoms with Crippen LogP contribution in [0.4, 0.5) is 4.79 Å². The first-order chi connectivity index (χ1) is 12.8. The molecule has 1 unspecified atom stereocenters. The van der Waals surface area contributed by atoms with Crippen LogP contribution in [0, 0.1) is 0 Å². The average Bonchev–Trinajstić information content (AvgIpc) is 2.62. The number of benzene rings is 1. The average molecular weight is 390 g/mol. The largest absolute Gasteiger partial charge is 0.457 e. The molecule has 0 aliphatic carbocycles. The van der Waals surface area contributed by atoms with Crippen molar-refractivity contribution >= 4 is 22.0 Å². The number of hydrogen-bond acceptors (Lipinski definition) is 6. The molecule has 0 radical (unpaired) electrons. The van der Waals surface area contributed by atoms with E-state index < -0.39 is 34.0 Å².